The molecule has 0 N–H and O–H groups in total. The molecule has 1 saturated carbocycles. The van der Waals surface area contributed by atoms with Gasteiger partial charge in [-0.05, 0) is 82.1 Å². The number of halogens is 1. The zero-order valence-electron chi connectivity index (χ0n) is 28.2. The molecule has 0 saturated heterocycles. The van der Waals surface area contributed by atoms with Crippen LogP contribution in [0.4, 0.5) is 10.1 Å². The average molecular weight is 670 g/mol. The van der Waals surface area contributed by atoms with Crippen molar-refractivity contribution in [2.45, 2.75) is 66.6 Å². The minimum atomic E-state index is -0.251. The number of aryl methyl sites for hydroxylation is 4. The molecule has 3 atom stereocenters. The largest absolute Gasteiger partial charge is 4.00 e. The van der Waals surface area contributed by atoms with E-state index in [2.05, 4.69) is 71.2 Å². The Morgan fingerprint density at radius 1 is 0.814 bits per heavy atom. The fourth-order valence-corrected chi connectivity index (χ4v) is 5.93. The molecule has 0 spiro atoms. The molecular formula is C33H51FN8Zr. The van der Waals surface area contributed by atoms with Crippen LogP contribution in [0.3, 0.4) is 0 Å². The first-order valence-corrected chi connectivity index (χ1v) is 14.6. The predicted octanol–water partition coefficient (Wildman–Crippen LogP) is 8.42. The van der Waals surface area contributed by atoms with E-state index >= 15 is 0 Å². The van der Waals surface area contributed by atoms with Gasteiger partial charge in [0.25, 0.3) is 0 Å². The minimum Gasteiger partial charge on any atom is -0.675 e. The predicted molar refractivity (Wildman–Crippen MR) is 175 cm³/mol. The number of nitrogens with zero attached hydrogens (tertiary/aromatic N) is 8. The first kappa shape index (κ1) is 38.9. The number of fused-ring (bicyclic) bond motifs is 1. The van der Waals surface area contributed by atoms with Crippen LogP contribution in [0.15, 0.2) is 48.0 Å². The van der Waals surface area contributed by atoms with E-state index in [1.807, 2.05) is 13.8 Å². The summed E-state index contributed by atoms with van der Waals surface area (Å²) in [4.78, 5) is 0. The van der Waals surface area contributed by atoms with Crippen molar-refractivity contribution in [3.63, 3.8) is 0 Å². The molecule has 6 rings (SSSR count). The Balaban J connectivity index is 0.000000828. The normalized spacial score (nSPS) is 18.2. The van der Waals surface area contributed by atoms with E-state index in [-0.39, 0.29) is 49.6 Å². The summed E-state index contributed by atoms with van der Waals surface area (Å²) in [7, 11) is 10.5. The van der Waals surface area contributed by atoms with E-state index in [0.29, 0.717) is 5.92 Å². The SMILES string of the molecule is C[N-]C.C[N-]C.C[N-]C.Cc1cc(C)n(C([C@H]([N-]c2ccc(F)cc2)C2=CC[C@H]3C[C@@H]2C3(C)C)n2nc(C)cc2C)n1.[Zr+4]. The van der Waals surface area contributed by atoms with Crippen molar-refractivity contribution in [2.24, 2.45) is 17.3 Å². The third-order valence-electron chi connectivity index (χ3n) is 7.84. The van der Waals surface area contributed by atoms with E-state index < -0.39 is 0 Å². The molecule has 10 heteroatoms. The van der Waals surface area contributed by atoms with Crippen molar-refractivity contribution in [3.8, 4) is 0 Å². The van der Waals surface area contributed by atoms with E-state index in [1.54, 1.807) is 54.4 Å². The molecule has 2 aromatic heterocycles. The first-order valence-electron chi connectivity index (χ1n) is 14.6. The Morgan fingerprint density at radius 3 is 1.60 bits per heavy atom. The molecule has 2 heterocycles. The second kappa shape index (κ2) is 18.0. The van der Waals surface area contributed by atoms with Gasteiger partial charge in [-0.15, -0.1) is 5.69 Å². The zero-order valence-corrected chi connectivity index (χ0v) is 30.7. The monoisotopic (exact) mass is 668 g/mol. The molecule has 0 aliphatic heterocycles. The first-order chi connectivity index (χ1) is 19.9. The van der Waals surface area contributed by atoms with Crippen LogP contribution in [-0.2, 0) is 26.2 Å². The van der Waals surface area contributed by atoms with E-state index in [1.165, 1.54) is 24.1 Å². The number of hydrogen-bond acceptors (Lipinski definition) is 2. The van der Waals surface area contributed by atoms with E-state index in [9.17, 15) is 4.39 Å². The molecule has 234 valence electrons. The summed E-state index contributed by atoms with van der Waals surface area (Å²) < 4.78 is 17.8. The van der Waals surface area contributed by atoms with Crippen molar-refractivity contribution in [1.29, 1.82) is 0 Å². The van der Waals surface area contributed by atoms with Crippen molar-refractivity contribution in [2.75, 3.05) is 42.3 Å². The van der Waals surface area contributed by atoms with E-state index in [4.69, 9.17) is 15.5 Å². The summed E-state index contributed by atoms with van der Waals surface area (Å²) in [6.45, 7) is 13.0. The number of allylic oxidation sites excluding steroid dienone is 1. The third-order valence-corrected chi connectivity index (χ3v) is 7.84. The Kier molecular flexibility index (Phi) is 16.3. The van der Waals surface area contributed by atoms with E-state index in [0.717, 1.165) is 40.8 Å². The fourth-order valence-electron chi connectivity index (χ4n) is 5.93. The van der Waals surface area contributed by atoms with Gasteiger partial charge in [0, 0.05) is 11.4 Å². The number of rotatable bonds is 6. The van der Waals surface area contributed by atoms with Gasteiger partial charge >= 0.3 is 26.2 Å². The van der Waals surface area contributed by atoms with Gasteiger partial charge in [-0.1, -0.05) is 43.7 Å². The van der Waals surface area contributed by atoms with Crippen molar-refractivity contribution >= 4 is 5.69 Å². The molecule has 8 nitrogen and oxygen atoms in total. The minimum absolute atomic E-state index is 0. The van der Waals surface area contributed by atoms with Crippen molar-refractivity contribution in [3.05, 3.63) is 97.9 Å². The van der Waals surface area contributed by atoms with Gasteiger partial charge in [0.15, 0.2) is 0 Å². The molecule has 3 aliphatic rings. The standard InChI is InChI=1S/C27H33FN5.3C2H6N.Zr/c1-16-13-18(3)32(30-16)26(33-19(4)14-17(2)31-33)25(29-22-10-8-21(28)9-11-22)23-12-7-20-15-24(23)27(20,5)6;3*1-3-2;/h8-14,20,24-26H,7,15H2,1-6H3;3*1-2H3;/q4*-1;+4/t20-,24-,25+;;;;/m0..../s1. The summed E-state index contributed by atoms with van der Waals surface area (Å²) in [5.41, 5.74) is 6.49. The summed E-state index contributed by atoms with van der Waals surface area (Å²) in [5, 5.41) is 25.5. The van der Waals surface area contributed by atoms with Gasteiger partial charge in [0.2, 0.25) is 0 Å². The van der Waals surface area contributed by atoms with Crippen LogP contribution in [0.1, 0.15) is 55.6 Å². The van der Waals surface area contributed by atoms with Crippen LogP contribution in [-0.4, -0.2) is 67.9 Å². The van der Waals surface area contributed by atoms with Crippen molar-refractivity contribution < 1.29 is 30.6 Å². The number of benzene rings is 1. The van der Waals surface area contributed by atoms with Crippen LogP contribution in [0.25, 0.3) is 21.3 Å². The Hall–Kier alpha value is -2.13. The topological polar surface area (TPSA) is 92.0 Å². The molecule has 3 aliphatic carbocycles. The van der Waals surface area contributed by atoms with Crippen LogP contribution in [0, 0.1) is 50.8 Å². The molecule has 3 aromatic rings. The Labute approximate surface area is 278 Å². The Morgan fingerprint density at radius 2 is 1.26 bits per heavy atom. The quantitative estimate of drug-likeness (QED) is 0.247. The second-order valence-electron chi connectivity index (χ2n) is 11.8. The summed E-state index contributed by atoms with van der Waals surface area (Å²) >= 11 is 0. The van der Waals surface area contributed by atoms with Crippen LogP contribution in [0.5, 0.6) is 0 Å². The van der Waals surface area contributed by atoms with Gasteiger partial charge in [0.05, 0.1) is 11.4 Å². The van der Waals surface area contributed by atoms with Gasteiger partial charge in [-0.2, -0.15) is 52.5 Å². The molecule has 0 amide bonds. The number of hydrogen-bond donors (Lipinski definition) is 0. The third kappa shape index (κ3) is 9.68. The maximum absolute atomic E-state index is 13.7. The van der Waals surface area contributed by atoms with Crippen LogP contribution in [0.2, 0.25) is 0 Å². The summed E-state index contributed by atoms with van der Waals surface area (Å²) in [5.74, 6) is 0.958. The number of aromatic nitrogens is 4. The van der Waals surface area contributed by atoms with Crippen LogP contribution >= 0.6 is 0 Å². The molecular weight excluding hydrogens is 619 g/mol. The molecule has 0 radical (unpaired) electrons. The summed E-state index contributed by atoms with van der Waals surface area (Å²) in [6.07, 6.45) is 4.45. The maximum Gasteiger partial charge on any atom is 4.00 e. The average Bonchev–Trinajstić information content (AvgIpc) is 3.44. The maximum atomic E-state index is 13.7. The van der Waals surface area contributed by atoms with Crippen molar-refractivity contribution in [1.82, 2.24) is 19.6 Å². The van der Waals surface area contributed by atoms with Gasteiger partial charge in [-0.3, -0.25) is 0 Å². The zero-order chi connectivity index (χ0) is 31.6. The Bertz CT molecular complexity index is 1210. The summed E-state index contributed by atoms with van der Waals surface area (Å²) in [6, 6.07) is 10.5. The molecule has 43 heavy (non-hydrogen) atoms. The second-order valence-corrected chi connectivity index (χ2v) is 11.8. The molecule has 0 unspecified atom stereocenters. The van der Waals surface area contributed by atoms with Crippen LogP contribution < -0.4 is 0 Å². The molecule has 2 bridgehead atoms. The molecule has 1 fully saturated rings. The van der Waals surface area contributed by atoms with Gasteiger partial charge in [-0.25, -0.2) is 13.8 Å². The fraction of sp³-hybridized carbons (Fsp3) is 0.576. The van der Waals surface area contributed by atoms with Gasteiger partial charge in [0.1, 0.15) is 12.0 Å². The molecule has 1 aromatic carbocycles. The van der Waals surface area contributed by atoms with Gasteiger partial charge < -0.3 is 21.3 Å². The smallest absolute Gasteiger partial charge is 0.675 e.